The van der Waals surface area contributed by atoms with E-state index in [1.165, 1.54) is 29.1 Å². The van der Waals surface area contributed by atoms with E-state index in [0.717, 1.165) is 37.9 Å². The van der Waals surface area contributed by atoms with Gasteiger partial charge in [-0.15, -0.1) is 0 Å². The lowest BCUT2D eigenvalue weighted by atomic mass is 9.94. The van der Waals surface area contributed by atoms with E-state index >= 15 is 8.78 Å². The SMILES string of the molecule is CCc1c(F)ccc2cc(O)cc(-c3ncc4c(N5CCN(C(=O)n6ccc(C)n6)C6(CC6)C5)nc(OC[C@@]56CCCN5C[C@H](F)C6)nc4c3F)c12. The monoisotopic (exact) mass is 712 g/mol. The predicted molar refractivity (Wildman–Crippen MR) is 188 cm³/mol. The van der Waals surface area contributed by atoms with Gasteiger partial charge >= 0.3 is 12.0 Å². The van der Waals surface area contributed by atoms with Gasteiger partial charge in [-0.25, -0.2) is 18.0 Å². The van der Waals surface area contributed by atoms with Gasteiger partial charge in [0.25, 0.3) is 0 Å². The quantitative estimate of drug-likeness (QED) is 0.221. The van der Waals surface area contributed by atoms with E-state index in [1.807, 2.05) is 23.6 Å². The van der Waals surface area contributed by atoms with Crippen LogP contribution >= 0.6 is 0 Å². The molecule has 270 valence electrons. The second-order valence-corrected chi connectivity index (χ2v) is 14.8. The Bertz CT molecular complexity index is 2260. The summed E-state index contributed by atoms with van der Waals surface area (Å²) in [6.45, 7) is 6.21. The third-order valence-electron chi connectivity index (χ3n) is 11.6. The van der Waals surface area contributed by atoms with Gasteiger partial charge in [0.15, 0.2) is 5.82 Å². The highest BCUT2D eigenvalue weighted by Crippen LogP contribution is 2.47. The molecule has 0 unspecified atom stereocenters. The second-order valence-electron chi connectivity index (χ2n) is 14.8. The van der Waals surface area contributed by atoms with Crippen molar-refractivity contribution in [3.63, 3.8) is 0 Å². The van der Waals surface area contributed by atoms with E-state index in [9.17, 15) is 14.3 Å². The number of fused-ring (bicyclic) bond motifs is 3. The number of anilines is 1. The van der Waals surface area contributed by atoms with Crippen LogP contribution < -0.4 is 9.64 Å². The summed E-state index contributed by atoms with van der Waals surface area (Å²) in [5.74, 6) is -0.887. The maximum atomic E-state index is 17.1. The van der Waals surface area contributed by atoms with Gasteiger partial charge in [-0.3, -0.25) is 9.88 Å². The Kier molecular flexibility index (Phi) is 7.62. The molecule has 2 atom stereocenters. The van der Waals surface area contributed by atoms with Crippen LogP contribution in [0, 0.1) is 18.6 Å². The van der Waals surface area contributed by atoms with Crippen LogP contribution in [0.15, 0.2) is 42.7 Å². The molecule has 4 fully saturated rings. The number of rotatable bonds is 6. The standard InChI is InChI=1S/C38H39F3N8O3/c1-3-26-29(40)6-5-23-15-25(50)16-27(30(23)26)32-31(41)33-28(18-42-32)34(44-35(43-33)52-21-38-8-4-11-47(38)19-24(39)17-38)46-13-14-48(37(20-46)9-10-37)36(51)49-12-7-22(2)45-49/h5-7,12,15-16,18,24,50H,3-4,8-11,13-14,17,19-21H2,1-2H3/t24-,38+/m1/s1. The maximum absolute atomic E-state index is 17.1. The summed E-state index contributed by atoms with van der Waals surface area (Å²) in [5, 5.41) is 16.4. The zero-order valence-electron chi connectivity index (χ0n) is 29.1. The number of carbonyl (C=O) groups is 1. The number of carbonyl (C=O) groups excluding carboxylic acids is 1. The lowest BCUT2D eigenvalue weighted by molar-refractivity contribution is 0.107. The van der Waals surface area contributed by atoms with Crippen molar-refractivity contribution in [2.24, 2.45) is 0 Å². The fourth-order valence-corrected chi connectivity index (χ4v) is 8.87. The van der Waals surface area contributed by atoms with E-state index in [-0.39, 0.29) is 41.2 Å². The Balaban J connectivity index is 1.14. The summed E-state index contributed by atoms with van der Waals surface area (Å²) >= 11 is 0. The van der Waals surface area contributed by atoms with Crippen LogP contribution in [0.3, 0.4) is 0 Å². The number of benzene rings is 2. The number of alkyl halides is 1. The van der Waals surface area contributed by atoms with Gasteiger partial charge in [0.05, 0.1) is 22.2 Å². The number of hydrogen-bond donors (Lipinski definition) is 1. The number of nitrogens with zero attached hydrogens (tertiary/aromatic N) is 8. The Labute approximate surface area is 298 Å². The number of aromatic hydroxyl groups is 1. The summed E-state index contributed by atoms with van der Waals surface area (Å²) < 4.78 is 54.5. The summed E-state index contributed by atoms with van der Waals surface area (Å²) in [6, 6.07) is 7.37. The first-order chi connectivity index (χ1) is 25.1. The highest BCUT2D eigenvalue weighted by atomic mass is 19.1. The van der Waals surface area contributed by atoms with E-state index in [4.69, 9.17) is 9.72 Å². The molecule has 2 aromatic carbocycles. The number of piperazine rings is 1. The predicted octanol–water partition coefficient (Wildman–Crippen LogP) is 6.17. The van der Waals surface area contributed by atoms with Crippen molar-refractivity contribution in [3.8, 4) is 23.0 Å². The zero-order chi connectivity index (χ0) is 35.9. The molecule has 1 aliphatic carbocycles. The number of amides is 1. The highest BCUT2D eigenvalue weighted by Gasteiger charge is 2.54. The van der Waals surface area contributed by atoms with Crippen LogP contribution in [-0.2, 0) is 6.42 Å². The zero-order valence-corrected chi connectivity index (χ0v) is 29.1. The number of pyridine rings is 1. The largest absolute Gasteiger partial charge is 0.508 e. The van der Waals surface area contributed by atoms with Crippen LogP contribution in [0.4, 0.5) is 23.8 Å². The van der Waals surface area contributed by atoms with E-state index in [1.54, 1.807) is 18.3 Å². The molecule has 4 aliphatic rings. The van der Waals surface area contributed by atoms with Crippen LogP contribution in [0.1, 0.15) is 50.3 Å². The average Bonchev–Trinajstić information content (AvgIpc) is 3.39. The summed E-state index contributed by atoms with van der Waals surface area (Å²) in [6.07, 6.45) is 6.24. The number of aryl methyl sites for hydroxylation is 2. The normalized spacial score (nSPS) is 22.5. The first-order valence-electron chi connectivity index (χ1n) is 18.0. The molecule has 9 rings (SSSR count). The fourth-order valence-electron chi connectivity index (χ4n) is 8.87. The molecule has 5 aromatic rings. The lowest BCUT2D eigenvalue weighted by Crippen LogP contribution is -2.58. The third-order valence-corrected chi connectivity index (χ3v) is 11.6. The molecule has 6 heterocycles. The molecule has 11 nitrogen and oxygen atoms in total. The van der Waals surface area contributed by atoms with Crippen molar-refractivity contribution in [2.45, 2.75) is 69.6 Å². The first-order valence-corrected chi connectivity index (χ1v) is 18.0. The maximum Gasteiger partial charge on any atom is 0.345 e. The molecule has 0 bridgehead atoms. The molecule has 1 N–H and O–H groups in total. The number of hydrogen-bond acceptors (Lipinski definition) is 9. The summed E-state index contributed by atoms with van der Waals surface area (Å²) in [5.41, 5.74) is 0.329. The molecule has 3 aromatic heterocycles. The third kappa shape index (κ3) is 5.24. The Morgan fingerprint density at radius 2 is 1.94 bits per heavy atom. The minimum absolute atomic E-state index is 0.0399. The van der Waals surface area contributed by atoms with Gasteiger partial charge in [0, 0.05) is 50.6 Å². The van der Waals surface area contributed by atoms with E-state index < -0.39 is 28.9 Å². The molecule has 1 saturated carbocycles. The number of aromatic nitrogens is 5. The van der Waals surface area contributed by atoms with Gasteiger partial charge in [0.2, 0.25) is 0 Å². The van der Waals surface area contributed by atoms with Crippen molar-refractivity contribution >= 4 is 33.5 Å². The average molecular weight is 713 g/mol. The van der Waals surface area contributed by atoms with Crippen LogP contribution in [0.5, 0.6) is 11.8 Å². The van der Waals surface area contributed by atoms with Crippen LogP contribution in [-0.4, -0.2) is 102 Å². The van der Waals surface area contributed by atoms with Crippen molar-refractivity contribution in [3.05, 3.63) is 65.6 Å². The van der Waals surface area contributed by atoms with Crippen molar-refractivity contribution in [2.75, 3.05) is 44.2 Å². The molecular formula is C38H39F3N8O3. The number of phenols is 1. The number of phenolic OH excluding ortho intramolecular Hbond substituents is 1. The van der Waals surface area contributed by atoms with Crippen LogP contribution in [0.2, 0.25) is 0 Å². The molecule has 1 spiro atoms. The molecule has 1 amide bonds. The fraction of sp³-hybridized carbons (Fsp3) is 0.447. The van der Waals surface area contributed by atoms with Crippen LogP contribution in [0.25, 0.3) is 32.9 Å². The topological polar surface area (TPSA) is 113 Å². The summed E-state index contributed by atoms with van der Waals surface area (Å²) in [4.78, 5) is 33.6. The highest BCUT2D eigenvalue weighted by molar-refractivity contribution is 6.01. The van der Waals surface area contributed by atoms with Gasteiger partial charge in [-0.1, -0.05) is 13.0 Å². The number of halogens is 3. The van der Waals surface area contributed by atoms with E-state index in [0.29, 0.717) is 66.6 Å². The van der Waals surface area contributed by atoms with Crippen molar-refractivity contribution < 1.29 is 27.8 Å². The van der Waals surface area contributed by atoms with E-state index in [2.05, 4.69) is 20.0 Å². The van der Waals surface area contributed by atoms with Gasteiger partial charge in [-0.2, -0.15) is 19.7 Å². The van der Waals surface area contributed by atoms with Gasteiger partial charge in [-0.05, 0) is 86.2 Å². The Morgan fingerprint density at radius 1 is 1.10 bits per heavy atom. The molecular weight excluding hydrogens is 673 g/mol. The number of ether oxygens (including phenoxy) is 1. The summed E-state index contributed by atoms with van der Waals surface area (Å²) in [7, 11) is 0. The van der Waals surface area contributed by atoms with Gasteiger partial charge < -0.3 is 19.6 Å². The minimum Gasteiger partial charge on any atom is -0.508 e. The molecule has 0 radical (unpaired) electrons. The minimum atomic E-state index is -0.947. The lowest BCUT2D eigenvalue weighted by Gasteiger charge is -2.42. The Morgan fingerprint density at radius 3 is 2.71 bits per heavy atom. The molecule has 14 heteroatoms. The van der Waals surface area contributed by atoms with Crippen molar-refractivity contribution in [1.29, 1.82) is 0 Å². The molecule has 3 saturated heterocycles. The second kappa shape index (κ2) is 12.0. The van der Waals surface area contributed by atoms with Gasteiger partial charge in [0.1, 0.15) is 41.4 Å². The smallest absolute Gasteiger partial charge is 0.345 e. The first kappa shape index (κ1) is 32.9. The van der Waals surface area contributed by atoms with Crippen molar-refractivity contribution in [1.82, 2.24) is 34.5 Å². The Hall–Kier alpha value is -4.98. The molecule has 52 heavy (non-hydrogen) atoms. The molecule has 3 aliphatic heterocycles.